The molecule has 0 radical (unpaired) electrons. The fourth-order valence-corrected chi connectivity index (χ4v) is 2.33. The molecule has 6 heteroatoms. The molecule has 4 nitrogen and oxygen atoms in total. The first-order valence-electron chi connectivity index (χ1n) is 6.54. The quantitative estimate of drug-likeness (QED) is 0.736. The van der Waals surface area contributed by atoms with Crippen LogP contribution >= 0.6 is 11.6 Å². The van der Waals surface area contributed by atoms with E-state index in [1.165, 1.54) is 12.1 Å². The lowest BCUT2D eigenvalue weighted by atomic mass is 10.3. The van der Waals surface area contributed by atoms with E-state index in [-0.39, 0.29) is 5.82 Å². The van der Waals surface area contributed by atoms with E-state index in [4.69, 9.17) is 16.3 Å². The smallest absolute Gasteiger partial charge is 0.125 e. The molecule has 0 saturated carbocycles. The molecule has 0 atom stereocenters. The number of methoxy groups -OCH3 is 1. The molecule has 0 aliphatic rings. The highest BCUT2D eigenvalue weighted by Crippen LogP contribution is 2.18. The summed E-state index contributed by atoms with van der Waals surface area (Å²) in [7, 11) is 3.71. The molecule has 1 heterocycles. The van der Waals surface area contributed by atoms with E-state index in [1.807, 2.05) is 11.6 Å². The third-order valence-corrected chi connectivity index (χ3v) is 3.53. The maximum atomic E-state index is 13.4. The maximum Gasteiger partial charge on any atom is 0.125 e. The van der Waals surface area contributed by atoms with Gasteiger partial charge in [0.1, 0.15) is 11.6 Å². The number of benzene rings is 1. The second-order valence-corrected chi connectivity index (χ2v) is 5.01. The predicted octanol–water partition coefficient (Wildman–Crippen LogP) is 2.49. The monoisotopic (exact) mass is 299 g/mol. The zero-order valence-corrected chi connectivity index (χ0v) is 12.5. The Morgan fingerprint density at radius 1 is 1.40 bits per heavy atom. The molecule has 2 rings (SSSR count). The first kappa shape index (κ1) is 15.2. The summed E-state index contributed by atoms with van der Waals surface area (Å²) in [6.45, 7) is 3.10. The van der Waals surface area contributed by atoms with Crippen molar-refractivity contribution >= 4 is 22.6 Å². The highest BCUT2D eigenvalue weighted by molar-refractivity contribution is 6.16. The predicted molar refractivity (Wildman–Crippen MR) is 78.6 cm³/mol. The Balaban J connectivity index is 2.17. The van der Waals surface area contributed by atoms with Gasteiger partial charge >= 0.3 is 0 Å². The van der Waals surface area contributed by atoms with Gasteiger partial charge < -0.3 is 14.2 Å². The molecule has 2 aromatic rings. The Hall–Kier alpha value is -1.17. The number of nitrogens with zero attached hydrogens (tertiary/aromatic N) is 3. The number of alkyl halides is 1. The number of rotatable bonds is 7. The van der Waals surface area contributed by atoms with Crippen LogP contribution in [0, 0.1) is 5.82 Å². The van der Waals surface area contributed by atoms with Crippen molar-refractivity contribution in [2.75, 3.05) is 33.9 Å². The summed E-state index contributed by atoms with van der Waals surface area (Å²) in [5.41, 5.74) is 1.57. The molecular formula is C14H19ClFN3O. The first-order chi connectivity index (χ1) is 9.65. The molecule has 110 valence electrons. The Morgan fingerprint density at radius 2 is 2.20 bits per heavy atom. The molecule has 0 N–H and O–H groups in total. The summed E-state index contributed by atoms with van der Waals surface area (Å²) in [4.78, 5) is 6.59. The minimum absolute atomic E-state index is 0.257. The maximum absolute atomic E-state index is 13.4. The van der Waals surface area contributed by atoms with Crippen LogP contribution in [-0.4, -0.2) is 48.3 Å². The Bertz CT molecular complexity index is 573. The number of aromatic nitrogens is 2. The van der Waals surface area contributed by atoms with E-state index < -0.39 is 0 Å². The summed E-state index contributed by atoms with van der Waals surface area (Å²) < 4.78 is 20.4. The molecule has 0 bridgehead atoms. The average molecular weight is 300 g/mol. The lowest BCUT2D eigenvalue weighted by Crippen LogP contribution is -2.27. The minimum Gasteiger partial charge on any atom is -0.383 e. The van der Waals surface area contributed by atoms with E-state index in [0.717, 1.165) is 36.5 Å². The van der Waals surface area contributed by atoms with E-state index >= 15 is 0 Å². The van der Waals surface area contributed by atoms with Crippen LogP contribution in [0.3, 0.4) is 0 Å². The van der Waals surface area contributed by atoms with E-state index in [9.17, 15) is 4.39 Å². The second-order valence-electron chi connectivity index (χ2n) is 4.74. The van der Waals surface area contributed by atoms with Crippen molar-refractivity contribution in [2.24, 2.45) is 0 Å². The highest BCUT2D eigenvalue weighted by atomic mass is 35.5. The van der Waals surface area contributed by atoms with Crippen LogP contribution in [-0.2, 0) is 17.2 Å². The van der Waals surface area contributed by atoms with Gasteiger partial charge in [0.15, 0.2) is 0 Å². The molecule has 1 aromatic heterocycles. The fraction of sp³-hybridized carbons (Fsp3) is 0.500. The molecule has 0 amide bonds. The van der Waals surface area contributed by atoms with E-state index in [2.05, 4.69) is 9.88 Å². The largest absolute Gasteiger partial charge is 0.383 e. The van der Waals surface area contributed by atoms with Crippen LogP contribution in [0.4, 0.5) is 4.39 Å². The number of hydrogen-bond acceptors (Lipinski definition) is 3. The van der Waals surface area contributed by atoms with Gasteiger partial charge in [-0.3, -0.25) is 0 Å². The lowest BCUT2D eigenvalue weighted by molar-refractivity contribution is 0.159. The van der Waals surface area contributed by atoms with Gasteiger partial charge in [0.05, 0.1) is 23.5 Å². The molecule has 0 fully saturated rings. The van der Waals surface area contributed by atoms with Gasteiger partial charge in [0, 0.05) is 26.7 Å². The summed E-state index contributed by atoms with van der Waals surface area (Å²) >= 11 is 5.93. The number of hydrogen-bond donors (Lipinski definition) is 0. The zero-order chi connectivity index (χ0) is 14.5. The zero-order valence-electron chi connectivity index (χ0n) is 11.8. The van der Waals surface area contributed by atoms with Gasteiger partial charge in [-0.2, -0.15) is 0 Å². The van der Waals surface area contributed by atoms with Gasteiger partial charge in [0.2, 0.25) is 0 Å². The Morgan fingerprint density at radius 3 is 2.90 bits per heavy atom. The van der Waals surface area contributed by atoms with Crippen molar-refractivity contribution in [3.63, 3.8) is 0 Å². The van der Waals surface area contributed by atoms with Gasteiger partial charge in [0.25, 0.3) is 0 Å². The van der Waals surface area contributed by atoms with Gasteiger partial charge in [-0.05, 0) is 25.2 Å². The van der Waals surface area contributed by atoms with E-state index in [1.54, 1.807) is 13.2 Å². The van der Waals surface area contributed by atoms with Crippen LogP contribution in [0.2, 0.25) is 0 Å². The number of imidazole rings is 1. The van der Waals surface area contributed by atoms with Gasteiger partial charge in [-0.1, -0.05) is 0 Å². The molecule has 0 aliphatic heterocycles. The highest BCUT2D eigenvalue weighted by Gasteiger charge is 2.11. The van der Waals surface area contributed by atoms with Crippen LogP contribution in [0.1, 0.15) is 5.82 Å². The van der Waals surface area contributed by atoms with Crippen LogP contribution in [0.5, 0.6) is 0 Å². The summed E-state index contributed by atoms with van der Waals surface area (Å²) in [5, 5.41) is 0. The summed E-state index contributed by atoms with van der Waals surface area (Å²) in [6, 6.07) is 4.61. The number of likely N-dealkylation sites (N-methyl/N-ethyl adjacent to an activating group) is 1. The topological polar surface area (TPSA) is 30.3 Å². The molecular weight excluding hydrogens is 281 g/mol. The van der Waals surface area contributed by atoms with Crippen molar-refractivity contribution in [2.45, 2.75) is 12.4 Å². The number of ether oxygens (including phenoxy) is 1. The van der Waals surface area contributed by atoms with Crippen molar-refractivity contribution in [3.8, 4) is 0 Å². The molecule has 0 unspecified atom stereocenters. The van der Waals surface area contributed by atoms with Crippen molar-refractivity contribution in [1.29, 1.82) is 0 Å². The molecule has 20 heavy (non-hydrogen) atoms. The molecule has 0 spiro atoms. The average Bonchev–Trinajstić information content (AvgIpc) is 2.79. The third kappa shape index (κ3) is 3.48. The Kier molecular flexibility index (Phi) is 5.34. The van der Waals surface area contributed by atoms with Gasteiger partial charge in [-0.15, -0.1) is 11.6 Å². The normalized spacial score (nSPS) is 11.7. The lowest BCUT2D eigenvalue weighted by Gasteiger charge is -2.17. The van der Waals surface area contributed by atoms with Gasteiger partial charge in [-0.25, -0.2) is 9.37 Å². The summed E-state index contributed by atoms with van der Waals surface area (Å²) in [6.07, 6.45) is 0. The standard InChI is InChI=1S/C14H19ClFN3O/c1-18(7-8-20-2)5-6-19-13-9-11(16)3-4-12(13)17-14(19)10-15/h3-4,9H,5-8,10H2,1-2H3. The van der Waals surface area contributed by atoms with Crippen LogP contribution in [0.25, 0.3) is 11.0 Å². The number of fused-ring (bicyclic) bond motifs is 1. The van der Waals surface area contributed by atoms with Crippen molar-refractivity contribution in [1.82, 2.24) is 14.5 Å². The van der Waals surface area contributed by atoms with Crippen LogP contribution < -0.4 is 0 Å². The molecule has 0 aliphatic carbocycles. The first-order valence-corrected chi connectivity index (χ1v) is 7.07. The van der Waals surface area contributed by atoms with Crippen LogP contribution in [0.15, 0.2) is 18.2 Å². The molecule has 1 aromatic carbocycles. The SMILES string of the molecule is COCCN(C)CCn1c(CCl)nc2ccc(F)cc21. The molecule has 0 saturated heterocycles. The third-order valence-electron chi connectivity index (χ3n) is 3.29. The minimum atomic E-state index is -0.257. The number of halogens is 2. The summed E-state index contributed by atoms with van der Waals surface area (Å²) in [5.74, 6) is 0.831. The Labute approximate surface area is 123 Å². The van der Waals surface area contributed by atoms with Crippen molar-refractivity contribution < 1.29 is 9.13 Å². The van der Waals surface area contributed by atoms with Crippen molar-refractivity contribution in [3.05, 3.63) is 29.8 Å². The van der Waals surface area contributed by atoms with E-state index in [0.29, 0.717) is 12.5 Å². The fourth-order valence-electron chi connectivity index (χ4n) is 2.13. The second kappa shape index (κ2) is 7.02.